The van der Waals surface area contributed by atoms with Gasteiger partial charge in [0.05, 0.1) is 4.88 Å². The van der Waals surface area contributed by atoms with Gasteiger partial charge in [-0.3, -0.25) is 0 Å². The van der Waals surface area contributed by atoms with Gasteiger partial charge in [-0.25, -0.2) is 0 Å². The van der Waals surface area contributed by atoms with E-state index >= 15 is 0 Å². The highest BCUT2D eigenvalue weighted by molar-refractivity contribution is 7.30. The molecule has 3 aromatic rings. The smallest absolute Gasteiger partial charge is 0.147 e. The van der Waals surface area contributed by atoms with Crippen molar-refractivity contribution >= 4 is 43.4 Å². The lowest BCUT2D eigenvalue weighted by atomic mass is 10.4. The third-order valence-electron chi connectivity index (χ3n) is 1.71. The second kappa shape index (κ2) is 2.87. The third kappa shape index (κ3) is 1.20. The summed E-state index contributed by atoms with van der Waals surface area (Å²) >= 11 is 5.14. The predicted molar refractivity (Wildman–Crippen MR) is 58.6 cm³/mol. The van der Waals surface area contributed by atoms with Crippen LogP contribution in [0.4, 0.5) is 0 Å². The van der Waals surface area contributed by atoms with Gasteiger partial charge >= 0.3 is 0 Å². The number of fused-ring (bicyclic) bond motifs is 1. The van der Waals surface area contributed by atoms with E-state index in [1.54, 1.807) is 39.5 Å². The van der Waals surface area contributed by atoms with Crippen molar-refractivity contribution in [3.05, 3.63) is 23.0 Å². The van der Waals surface area contributed by atoms with Crippen LogP contribution in [0.3, 0.4) is 0 Å². The van der Waals surface area contributed by atoms with Crippen molar-refractivity contribution in [2.75, 3.05) is 0 Å². The van der Waals surface area contributed by atoms with E-state index < -0.39 is 0 Å². The molecule has 0 saturated heterocycles. The Labute approximate surface area is 86.5 Å². The third-order valence-corrected chi connectivity index (χ3v) is 4.66. The summed E-state index contributed by atoms with van der Waals surface area (Å²) in [4.78, 5) is 1.23. The lowest BCUT2D eigenvalue weighted by Crippen LogP contribution is -1.68. The molecule has 0 spiro atoms. The number of thiophene rings is 2. The molecule has 0 atom stereocenters. The van der Waals surface area contributed by atoms with Crippen molar-refractivity contribution in [1.29, 1.82) is 0 Å². The molecule has 3 aromatic heterocycles. The standard InChI is InChI=1S/C8H4N2S3/c1-2-11-6-3-7(13-5(1)6)8-10-9-4-12-8/h1-4H. The van der Waals surface area contributed by atoms with Crippen LogP contribution in [0, 0.1) is 0 Å². The molecule has 0 aliphatic carbocycles. The fourth-order valence-corrected chi connectivity index (χ4v) is 3.87. The van der Waals surface area contributed by atoms with Crippen molar-refractivity contribution in [2.45, 2.75) is 0 Å². The highest BCUT2D eigenvalue weighted by atomic mass is 32.1. The number of hydrogen-bond donors (Lipinski definition) is 0. The molecule has 2 nitrogen and oxygen atoms in total. The molecule has 0 aromatic carbocycles. The minimum absolute atomic E-state index is 1.02. The summed E-state index contributed by atoms with van der Waals surface area (Å²) in [6.07, 6.45) is 0. The Balaban J connectivity index is 2.23. The van der Waals surface area contributed by atoms with E-state index in [9.17, 15) is 0 Å². The lowest BCUT2D eigenvalue weighted by Gasteiger charge is -1.82. The van der Waals surface area contributed by atoms with Gasteiger partial charge in [-0.05, 0) is 17.5 Å². The quantitative estimate of drug-likeness (QED) is 0.632. The molecular formula is C8H4N2S3. The first kappa shape index (κ1) is 7.61. The molecule has 0 aliphatic heterocycles. The molecule has 3 heterocycles. The van der Waals surface area contributed by atoms with Gasteiger partial charge in [-0.2, -0.15) is 0 Å². The molecule has 0 amide bonds. The zero-order valence-electron chi connectivity index (χ0n) is 6.43. The van der Waals surface area contributed by atoms with Gasteiger partial charge in [-0.15, -0.1) is 32.9 Å². The molecule has 0 N–H and O–H groups in total. The second-order valence-electron chi connectivity index (χ2n) is 2.50. The van der Waals surface area contributed by atoms with Crippen LogP contribution >= 0.6 is 34.0 Å². The maximum Gasteiger partial charge on any atom is 0.157 e. The predicted octanol–water partition coefficient (Wildman–Crippen LogP) is 3.48. The maximum absolute atomic E-state index is 4.04. The molecular weight excluding hydrogens is 220 g/mol. The van der Waals surface area contributed by atoms with Gasteiger partial charge in [0.25, 0.3) is 0 Å². The average Bonchev–Trinajstić information content (AvgIpc) is 2.78. The first-order chi connectivity index (χ1) is 6.43. The number of rotatable bonds is 1. The normalized spacial score (nSPS) is 11.1. The van der Waals surface area contributed by atoms with Crippen LogP contribution in [0.2, 0.25) is 0 Å². The van der Waals surface area contributed by atoms with Gasteiger partial charge < -0.3 is 0 Å². The van der Waals surface area contributed by atoms with Crippen LogP contribution in [0.1, 0.15) is 0 Å². The monoisotopic (exact) mass is 224 g/mol. The van der Waals surface area contributed by atoms with Gasteiger partial charge in [0.15, 0.2) is 5.01 Å². The molecule has 0 unspecified atom stereocenters. The largest absolute Gasteiger partial charge is 0.157 e. The number of aromatic nitrogens is 2. The molecule has 0 fully saturated rings. The Hall–Kier alpha value is -0.780. The van der Waals surface area contributed by atoms with E-state index in [4.69, 9.17) is 0 Å². The molecule has 0 bridgehead atoms. The zero-order chi connectivity index (χ0) is 8.67. The Morgan fingerprint density at radius 1 is 1.15 bits per heavy atom. The first-order valence-corrected chi connectivity index (χ1v) is 6.24. The Morgan fingerprint density at radius 3 is 2.92 bits per heavy atom. The van der Waals surface area contributed by atoms with Crippen molar-refractivity contribution in [2.24, 2.45) is 0 Å². The summed E-state index contributed by atoms with van der Waals surface area (Å²) in [6.45, 7) is 0. The lowest BCUT2D eigenvalue weighted by molar-refractivity contribution is 1.10. The summed E-state index contributed by atoms with van der Waals surface area (Å²) in [7, 11) is 0. The van der Waals surface area contributed by atoms with Crippen molar-refractivity contribution in [3.8, 4) is 9.88 Å². The molecule has 5 heteroatoms. The van der Waals surface area contributed by atoms with Crippen molar-refractivity contribution in [1.82, 2.24) is 10.2 Å². The van der Waals surface area contributed by atoms with Gasteiger partial charge in [0, 0.05) is 9.40 Å². The SMILES string of the molecule is c1nnc(-c2cc3sccc3s2)s1. The number of hydrogen-bond acceptors (Lipinski definition) is 5. The number of nitrogens with zero attached hydrogens (tertiary/aromatic N) is 2. The minimum Gasteiger partial charge on any atom is -0.147 e. The highest BCUT2D eigenvalue weighted by Gasteiger charge is 2.06. The maximum atomic E-state index is 4.04. The summed E-state index contributed by atoms with van der Waals surface area (Å²) in [5.41, 5.74) is 1.77. The van der Waals surface area contributed by atoms with E-state index in [-0.39, 0.29) is 0 Å². The van der Waals surface area contributed by atoms with Crippen LogP contribution in [-0.2, 0) is 0 Å². The van der Waals surface area contributed by atoms with Crippen molar-refractivity contribution in [3.63, 3.8) is 0 Å². The highest BCUT2D eigenvalue weighted by Crippen LogP contribution is 2.36. The van der Waals surface area contributed by atoms with E-state index in [0.29, 0.717) is 0 Å². The van der Waals surface area contributed by atoms with E-state index in [1.807, 2.05) is 0 Å². The molecule has 0 saturated carbocycles. The second-order valence-corrected chi connectivity index (χ2v) is 5.37. The van der Waals surface area contributed by atoms with Crippen LogP contribution in [0.25, 0.3) is 19.3 Å². The first-order valence-electron chi connectivity index (χ1n) is 3.67. The summed E-state index contributed by atoms with van der Waals surface area (Å²) < 4.78 is 2.69. The van der Waals surface area contributed by atoms with Crippen LogP contribution in [0.15, 0.2) is 23.0 Å². The van der Waals surface area contributed by atoms with Crippen LogP contribution in [0.5, 0.6) is 0 Å². The molecule has 3 rings (SSSR count). The fourth-order valence-electron chi connectivity index (χ4n) is 1.15. The summed E-state index contributed by atoms with van der Waals surface area (Å²) in [5.74, 6) is 0. The Kier molecular flexibility index (Phi) is 1.68. The summed E-state index contributed by atoms with van der Waals surface area (Å²) in [5, 5.41) is 11.0. The van der Waals surface area contributed by atoms with Gasteiger partial charge in [-0.1, -0.05) is 11.3 Å². The Morgan fingerprint density at radius 2 is 2.15 bits per heavy atom. The molecule has 13 heavy (non-hydrogen) atoms. The van der Waals surface area contributed by atoms with Crippen LogP contribution < -0.4 is 0 Å². The molecule has 0 aliphatic rings. The topological polar surface area (TPSA) is 25.8 Å². The fraction of sp³-hybridized carbons (Fsp3) is 0. The minimum atomic E-state index is 1.02. The van der Waals surface area contributed by atoms with E-state index in [2.05, 4.69) is 27.7 Å². The van der Waals surface area contributed by atoms with Crippen molar-refractivity contribution < 1.29 is 0 Å². The van der Waals surface area contributed by atoms with E-state index in [0.717, 1.165) is 5.01 Å². The van der Waals surface area contributed by atoms with Crippen LogP contribution in [-0.4, -0.2) is 10.2 Å². The zero-order valence-corrected chi connectivity index (χ0v) is 8.88. The molecule has 64 valence electrons. The summed E-state index contributed by atoms with van der Waals surface area (Å²) in [6, 6.07) is 4.33. The Bertz CT molecular complexity index is 492. The average molecular weight is 224 g/mol. The van der Waals surface area contributed by atoms with E-state index in [1.165, 1.54) is 14.3 Å². The van der Waals surface area contributed by atoms with Gasteiger partial charge in [0.2, 0.25) is 0 Å². The van der Waals surface area contributed by atoms with Gasteiger partial charge in [0.1, 0.15) is 5.51 Å². The molecule has 0 radical (unpaired) electrons.